The van der Waals surface area contributed by atoms with Gasteiger partial charge in [-0.25, -0.2) is 39.9 Å². The Morgan fingerprint density at radius 1 is 0.512 bits per heavy atom. The minimum Gasteiger partial charge on any atom is -0.497 e. The van der Waals surface area contributed by atoms with Crippen molar-refractivity contribution in [2.75, 3.05) is 102 Å². The molecule has 3 saturated heterocycles. The molecule has 12 rings (SSSR count). The minimum absolute atomic E-state index is 0.117. The molecule has 0 bridgehead atoms. The van der Waals surface area contributed by atoms with Gasteiger partial charge in [-0.3, -0.25) is 0 Å². The number of pyridine rings is 3. The Hall–Kier alpha value is -8.45. The second-order valence-electron chi connectivity index (χ2n) is 21.7. The highest BCUT2D eigenvalue weighted by Gasteiger charge is 2.34. The number of rotatable bonds is 16. The van der Waals surface area contributed by atoms with Crippen LogP contribution in [-0.4, -0.2) is 163 Å². The van der Waals surface area contributed by atoms with Gasteiger partial charge in [-0.1, -0.05) is 6.92 Å². The van der Waals surface area contributed by atoms with Gasteiger partial charge < -0.3 is 76.0 Å². The molecule has 6 aromatic heterocycles. The molecule has 6 atom stereocenters. The van der Waals surface area contributed by atoms with Gasteiger partial charge in [0.15, 0.2) is 0 Å². The number of nitrogens with zero attached hydrogens (tertiary/aromatic N) is 12. The maximum absolute atomic E-state index is 12.1. The predicted octanol–water partition coefficient (Wildman–Crippen LogP) is 6.52. The van der Waals surface area contributed by atoms with Crippen LogP contribution in [0.5, 0.6) is 23.3 Å². The fourth-order valence-electron chi connectivity index (χ4n) is 11.6. The number of ether oxygens (including phenoxy) is 4. The zero-order valence-corrected chi connectivity index (χ0v) is 46.3. The highest BCUT2D eigenvalue weighted by Crippen LogP contribution is 2.38. The van der Waals surface area contributed by atoms with E-state index >= 15 is 0 Å². The Labute approximate surface area is 473 Å². The number of anilines is 9. The first-order chi connectivity index (χ1) is 40.0. The first-order valence-electron chi connectivity index (χ1n) is 28.0. The molecule has 24 heteroatoms. The molecule has 0 radical (unpaired) electrons. The van der Waals surface area contributed by atoms with Crippen molar-refractivity contribution in [1.82, 2.24) is 44.9 Å². The molecule has 4 aliphatic rings. The topological polar surface area (TPSA) is 297 Å². The van der Waals surface area contributed by atoms with Crippen LogP contribution in [-0.2, 0) is 4.74 Å². The number of β-amino-alcohol motifs (C(OH)–C–C–N with tert-alkyl or cyclic N) is 3. The third kappa shape index (κ3) is 11.4. The smallest absolute Gasteiger partial charge is 0.322 e. The summed E-state index contributed by atoms with van der Waals surface area (Å²) in [4.78, 5) is 49.6. The average molecular weight is 1120 g/mol. The number of aliphatic hydroxyl groups excluding tert-OH is 3. The summed E-state index contributed by atoms with van der Waals surface area (Å²) in [5.74, 6) is 4.40. The summed E-state index contributed by atoms with van der Waals surface area (Å²) in [6.07, 6.45) is 14.3. The second kappa shape index (κ2) is 23.6. The van der Waals surface area contributed by atoms with Gasteiger partial charge in [-0.05, 0) is 99.4 Å². The zero-order valence-electron chi connectivity index (χ0n) is 46.3. The van der Waals surface area contributed by atoms with Gasteiger partial charge in [0.05, 0.1) is 103 Å². The summed E-state index contributed by atoms with van der Waals surface area (Å²) in [5, 5.41) is 50.8. The molecule has 8 aromatic rings. The molecule has 0 amide bonds. The van der Waals surface area contributed by atoms with E-state index in [9.17, 15) is 15.3 Å². The SMILES string of the molecule is COc1ccc(Nc2ncc3c(N)ncc(N4CC[C@@H](Nc5ncc(N6CC[C@@H](Nc7ncc(N8CC[C@@H](C)[C@H](O)C8)c8nc(NC9CCC(OC)CC9)ncc78)[C@H](O)C6)c6nc(Oc7ccc(OC)cc7)ncc56)[C@H](O)C4)c3n2)cc1. The maximum Gasteiger partial charge on any atom is 0.322 e. The van der Waals surface area contributed by atoms with Crippen molar-refractivity contribution in [2.24, 2.45) is 5.92 Å². The summed E-state index contributed by atoms with van der Waals surface area (Å²) >= 11 is 0. The van der Waals surface area contributed by atoms with E-state index in [4.69, 9.17) is 54.6 Å². The van der Waals surface area contributed by atoms with Crippen LogP contribution in [0.1, 0.15) is 51.9 Å². The minimum atomic E-state index is -0.852. The number of piperidine rings is 3. The molecule has 9 N–H and O–H groups in total. The molecule has 0 spiro atoms. The number of nitrogens with two attached hydrogens (primary N) is 1. The largest absolute Gasteiger partial charge is 0.497 e. The van der Waals surface area contributed by atoms with E-state index in [2.05, 4.69) is 57.8 Å². The highest BCUT2D eigenvalue weighted by molar-refractivity contribution is 5.99. The quantitative estimate of drug-likeness (QED) is 0.0511. The van der Waals surface area contributed by atoms with Crippen LogP contribution in [0, 0.1) is 5.92 Å². The van der Waals surface area contributed by atoms with Crippen LogP contribution in [0.4, 0.5) is 52.1 Å². The number of fused-ring (bicyclic) bond motifs is 3. The van der Waals surface area contributed by atoms with E-state index in [1.54, 1.807) is 70.4 Å². The molecule has 1 saturated carbocycles. The third-order valence-electron chi connectivity index (χ3n) is 16.5. The summed E-state index contributed by atoms with van der Waals surface area (Å²) in [7, 11) is 5.00. The van der Waals surface area contributed by atoms with Gasteiger partial charge in [-0.2, -0.15) is 4.98 Å². The molecule has 82 heavy (non-hydrogen) atoms. The summed E-state index contributed by atoms with van der Waals surface area (Å²) in [5.41, 5.74) is 11.2. The van der Waals surface area contributed by atoms with Crippen molar-refractivity contribution in [2.45, 2.75) is 94.4 Å². The Morgan fingerprint density at radius 2 is 1.01 bits per heavy atom. The zero-order chi connectivity index (χ0) is 56.4. The summed E-state index contributed by atoms with van der Waals surface area (Å²) in [6, 6.07) is 14.2. The van der Waals surface area contributed by atoms with Crippen molar-refractivity contribution < 1.29 is 34.3 Å². The summed E-state index contributed by atoms with van der Waals surface area (Å²) < 4.78 is 22.5. The number of aliphatic hydroxyl groups is 3. The predicted molar refractivity (Wildman–Crippen MR) is 315 cm³/mol. The highest BCUT2D eigenvalue weighted by atomic mass is 16.5. The first kappa shape index (κ1) is 54.2. The van der Waals surface area contributed by atoms with Crippen molar-refractivity contribution in [1.29, 1.82) is 0 Å². The number of nitrogens with one attached hydrogen (secondary N) is 4. The molecule has 24 nitrogen and oxygen atoms in total. The van der Waals surface area contributed by atoms with Crippen LogP contribution < -0.4 is 55.9 Å². The fraction of sp³-hybridized carbons (Fsp3) is 0.431. The van der Waals surface area contributed by atoms with E-state index < -0.39 is 24.4 Å². The lowest BCUT2D eigenvalue weighted by molar-refractivity contribution is 0.0681. The summed E-state index contributed by atoms with van der Waals surface area (Å²) in [6.45, 7) is 4.90. The lowest BCUT2D eigenvalue weighted by Gasteiger charge is -2.39. The molecule has 3 aliphatic heterocycles. The van der Waals surface area contributed by atoms with Crippen molar-refractivity contribution in [3.63, 3.8) is 0 Å². The van der Waals surface area contributed by atoms with Gasteiger partial charge in [0.2, 0.25) is 11.9 Å². The van der Waals surface area contributed by atoms with Crippen LogP contribution >= 0.6 is 0 Å². The van der Waals surface area contributed by atoms with E-state index in [1.165, 1.54) is 0 Å². The molecular weight excluding hydrogens is 1050 g/mol. The maximum atomic E-state index is 12.1. The molecular formula is C58H69N17O7. The Bertz CT molecular complexity index is 3540. The van der Waals surface area contributed by atoms with E-state index in [1.807, 2.05) is 36.7 Å². The fourth-order valence-corrected chi connectivity index (χ4v) is 11.6. The number of benzene rings is 2. The first-order valence-corrected chi connectivity index (χ1v) is 28.0. The van der Waals surface area contributed by atoms with Crippen LogP contribution in [0.25, 0.3) is 32.7 Å². The normalized spacial score (nSPS) is 23.2. The van der Waals surface area contributed by atoms with Gasteiger partial charge in [0, 0.05) is 76.7 Å². The standard InChI is InChI=1S/C58H69N17O7/c1-32-17-20-73(29-47(32)76)45-27-61-54(40-24-64-57(71-51(40)45)67-34-7-11-36(80-3)12-8-34)68-42-19-22-75(31-49(42)78)46-28-62-55(41-25-65-58(72-52(41)46)82-38-15-13-37(81-4)14-16-38)69-43-18-21-74(30-48(43)77)44-26-60-53(59)39-23-63-56(70-50(39)44)66-33-5-9-35(79-2)10-6-33/h5-6,9-10,13-16,23-28,32,34,36,42-43,47-49,76-78H,7-8,11-12,17-22,29-31H2,1-4H3,(H2,59,60)(H,61,68)(H,62,69)(H,63,66,70)(H,64,67,71)/t32-,34?,36?,42-,43-,47-,48-,49-/m1/s1. The lowest BCUT2D eigenvalue weighted by atomic mass is 9.93. The van der Waals surface area contributed by atoms with Crippen LogP contribution in [0.2, 0.25) is 0 Å². The van der Waals surface area contributed by atoms with E-state index in [0.717, 1.165) is 66.7 Å². The van der Waals surface area contributed by atoms with E-state index in [-0.39, 0.29) is 43.2 Å². The van der Waals surface area contributed by atoms with Crippen molar-refractivity contribution in [3.05, 3.63) is 85.7 Å². The second-order valence-corrected chi connectivity index (χ2v) is 21.7. The Balaban J connectivity index is 0.781. The van der Waals surface area contributed by atoms with Crippen molar-refractivity contribution >= 4 is 84.8 Å². The Kier molecular flexibility index (Phi) is 15.6. The van der Waals surface area contributed by atoms with Gasteiger partial charge in [-0.15, -0.1) is 0 Å². The molecule has 2 aromatic carbocycles. The number of hydrogen-bond donors (Lipinski definition) is 8. The van der Waals surface area contributed by atoms with Crippen LogP contribution in [0.3, 0.4) is 0 Å². The van der Waals surface area contributed by atoms with Gasteiger partial charge in [0.25, 0.3) is 0 Å². The molecule has 4 fully saturated rings. The third-order valence-corrected chi connectivity index (χ3v) is 16.5. The van der Waals surface area contributed by atoms with Crippen LogP contribution in [0.15, 0.2) is 85.7 Å². The van der Waals surface area contributed by atoms with Gasteiger partial charge in [0.1, 0.15) is 51.3 Å². The Morgan fingerprint density at radius 3 is 1.60 bits per heavy atom. The lowest BCUT2D eigenvalue weighted by Crippen LogP contribution is -2.50. The number of aromatic nitrogens is 9. The average Bonchev–Trinajstić information content (AvgIpc) is 3.69. The number of methoxy groups -OCH3 is 3. The molecule has 428 valence electrons. The van der Waals surface area contributed by atoms with Gasteiger partial charge >= 0.3 is 6.01 Å². The number of nitrogen functional groups attached to an aromatic ring is 1. The van der Waals surface area contributed by atoms with E-state index in [0.29, 0.717) is 107 Å². The monoisotopic (exact) mass is 1120 g/mol. The number of hydrogen-bond acceptors (Lipinski definition) is 24. The molecule has 0 unspecified atom stereocenters. The molecule has 9 heterocycles. The van der Waals surface area contributed by atoms with Crippen molar-refractivity contribution in [3.8, 4) is 23.3 Å². The molecule has 1 aliphatic carbocycles.